The summed E-state index contributed by atoms with van der Waals surface area (Å²) < 4.78 is 24.9. The number of halogens is 1. The van der Waals surface area contributed by atoms with Crippen LogP contribution >= 0.6 is 11.6 Å². The monoisotopic (exact) mass is 684 g/mol. The number of carbonyl (C=O) groups excluding carboxylic acids is 4. The van der Waals surface area contributed by atoms with Gasteiger partial charge < -0.3 is 24.3 Å². The average Bonchev–Trinajstić information content (AvgIpc) is 3.76. The molecule has 2 aliphatic rings. The molecule has 2 amide bonds. The van der Waals surface area contributed by atoms with Gasteiger partial charge in [-0.05, 0) is 54.1 Å². The highest BCUT2D eigenvalue weighted by atomic mass is 35.5. The molecular formula is C32H25ClN8O8. The van der Waals surface area contributed by atoms with Gasteiger partial charge in [0, 0.05) is 16.1 Å². The standard InChI is InChI=1S/C32H25ClN8O8/c33-23-13-7-12-22(16-23)28(42)46-17-32(38-39-34)26(48-30(44)21-10-5-2-6-11-21)25(47-29(43)20-8-3-1-4-9-20)27(49-32)40-15-14-24(37-31(40)45)41-19-35-18-36-41/h1-16,18-19,24-27H,17H2,(H,37,45)/t24?,25-,26+,27-,32-/m1/s1. The van der Waals surface area contributed by atoms with Crippen LogP contribution in [0.3, 0.4) is 0 Å². The maximum Gasteiger partial charge on any atom is 0.338 e. The van der Waals surface area contributed by atoms with Crippen molar-refractivity contribution in [1.82, 2.24) is 25.0 Å². The van der Waals surface area contributed by atoms with E-state index in [0.717, 1.165) is 4.90 Å². The summed E-state index contributed by atoms with van der Waals surface area (Å²) in [6.45, 7) is -0.841. The molecule has 0 bridgehead atoms. The van der Waals surface area contributed by atoms with Crippen LogP contribution in [-0.4, -0.2) is 74.4 Å². The predicted octanol–water partition coefficient (Wildman–Crippen LogP) is 4.64. The molecule has 17 heteroatoms. The number of aromatic nitrogens is 3. The summed E-state index contributed by atoms with van der Waals surface area (Å²) in [6, 6.07) is 20.8. The van der Waals surface area contributed by atoms with Gasteiger partial charge in [-0.2, -0.15) is 5.10 Å². The van der Waals surface area contributed by atoms with Gasteiger partial charge in [-0.1, -0.05) is 59.2 Å². The molecule has 3 heterocycles. The van der Waals surface area contributed by atoms with Crippen LogP contribution in [0.15, 0.2) is 115 Å². The largest absolute Gasteiger partial charge is 0.459 e. The van der Waals surface area contributed by atoms with E-state index >= 15 is 0 Å². The fourth-order valence-electron chi connectivity index (χ4n) is 5.14. The molecule has 1 fully saturated rings. The summed E-state index contributed by atoms with van der Waals surface area (Å²) in [6.07, 6.45) is -0.205. The van der Waals surface area contributed by atoms with Gasteiger partial charge in [-0.3, -0.25) is 4.90 Å². The average molecular weight is 685 g/mol. The lowest BCUT2D eigenvalue weighted by Gasteiger charge is -2.33. The molecule has 1 N–H and O–H groups in total. The summed E-state index contributed by atoms with van der Waals surface area (Å²) in [7, 11) is 0. The Morgan fingerprint density at radius 3 is 2.24 bits per heavy atom. The Morgan fingerprint density at radius 2 is 1.63 bits per heavy atom. The molecule has 1 saturated heterocycles. The number of benzene rings is 3. The number of nitrogens with one attached hydrogen (secondary N) is 1. The van der Waals surface area contributed by atoms with Crippen LogP contribution in [0.5, 0.6) is 0 Å². The van der Waals surface area contributed by atoms with Crippen molar-refractivity contribution < 1.29 is 38.1 Å². The van der Waals surface area contributed by atoms with Crippen molar-refractivity contribution in [3.8, 4) is 0 Å². The van der Waals surface area contributed by atoms with E-state index in [2.05, 4.69) is 25.4 Å². The maximum absolute atomic E-state index is 13.6. The predicted molar refractivity (Wildman–Crippen MR) is 168 cm³/mol. The third kappa shape index (κ3) is 7.06. The van der Waals surface area contributed by atoms with Crippen molar-refractivity contribution in [2.45, 2.75) is 30.3 Å². The molecule has 5 atom stereocenters. The number of ether oxygens (including phenoxy) is 4. The van der Waals surface area contributed by atoms with Gasteiger partial charge in [0.1, 0.15) is 25.4 Å². The van der Waals surface area contributed by atoms with Crippen molar-refractivity contribution in [2.24, 2.45) is 5.11 Å². The molecule has 49 heavy (non-hydrogen) atoms. The molecule has 4 aromatic rings. The number of rotatable bonds is 10. The molecule has 248 valence electrons. The van der Waals surface area contributed by atoms with Gasteiger partial charge in [0.2, 0.25) is 5.72 Å². The van der Waals surface area contributed by atoms with Gasteiger partial charge >= 0.3 is 23.9 Å². The lowest BCUT2D eigenvalue weighted by atomic mass is 10.0. The van der Waals surface area contributed by atoms with E-state index in [-0.39, 0.29) is 21.7 Å². The van der Waals surface area contributed by atoms with E-state index < -0.39 is 60.9 Å². The van der Waals surface area contributed by atoms with Crippen LogP contribution < -0.4 is 5.32 Å². The SMILES string of the molecule is [N-]=[N+]=N[C@]1(COC(=O)c2cccc(Cl)c2)O[C@@H](N2C=CC(n3cncn3)NC2=O)[C@H](OC(=O)c2ccccc2)[C@@H]1OC(=O)c1ccccc1. The van der Waals surface area contributed by atoms with Gasteiger partial charge in [0.05, 0.1) is 16.7 Å². The molecule has 1 unspecified atom stereocenters. The molecule has 0 radical (unpaired) electrons. The fraction of sp³-hybridized carbons (Fsp3) is 0.188. The second-order valence-corrected chi connectivity index (χ2v) is 11.0. The van der Waals surface area contributed by atoms with Gasteiger partial charge in [-0.15, -0.1) is 0 Å². The van der Waals surface area contributed by atoms with Crippen LogP contribution in [0.25, 0.3) is 10.4 Å². The van der Waals surface area contributed by atoms with Crippen molar-refractivity contribution in [3.05, 3.63) is 142 Å². The second kappa shape index (κ2) is 14.3. The number of azide groups is 1. The number of hydrogen-bond acceptors (Lipinski definition) is 11. The highest BCUT2D eigenvalue weighted by Crippen LogP contribution is 2.40. The molecule has 0 spiro atoms. The third-order valence-corrected chi connectivity index (χ3v) is 7.70. The van der Waals surface area contributed by atoms with Gasteiger partial charge in [0.15, 0.2) is 18.4 Å². The fourth-order valence-corrected chi connectivity index (χ4v) is 5.33. The Kier molecular flexibility index (Phi) is 9.53. The quantitative estimate of drug-likeness (QED) is 0.0806. The number of urea groups is 1. The topological polar surface area (TPSA) is 200 Å². The minimum Gasteiger partial charge on any atom is -0.459 e. The lowest BCUT2D eigenvalue weighted by Crippen LogP contribution is -2.53. The third-order valence-electron chi connectivity index (χ3n) is 7.46. The molecular weight excluding hydrogens is 660 g/mol. The van der Waals surface area contributed by atoms with Crippen LogP contribution in [0.2, 0.25) is 5.02 Å². The highest BCUT2D eigenvalue weighted by molar-refractivity contribution is 6.30. The van der Waals surface area contributed by atoms with Crippen molar-refractivity contribution in [3.63, 3.8) is 0 Å². The van der Waals surface area contributed by atoms with Crippen LogP contribution in [0, 0.1) is 0 Å². The van der Waals surface area contributed by atoms with E-state index in [0.29, 0.717) is 0 Å². The number of amides is 2. The lowest BCUT2D eigenvalue weighted by molar-refractivity contribution is -0.132. The first kappa shape index (κ1) is 32.7. The summed E-state index contributed by atoms with van der Waals surface area (Å²) >= 11 is 6.05. The highest BCUT2D eigenvalue weighted by Gasteiger charge is 2.62. The van der Waals surface area contributed by atoms with Crippen molar-refractivity contribution >= 4 is 35.5 Å². The first-order valence-electron chi connectivity index (χ1n) is 14.6. The molecule has 1 aromatic heterocycles. The summed E-state index contributed by atoms with van der Waals surface area (Å²) in [4.78, 5) is 61.5. The Hall–Kier alpha value is -6.22. The minimum absolute atomic E-state index is 0.0560. The van der Waals surface area contributed by atoms with Crippen LogP contribution in [-0.2, 0) is 18.9 Å². The molecule has 6 rings (SSSR count). The van der Waals surface area contributed by atoms with E-state index in [4.69, 9.17) is 30.5 Å². The zero-order chi connectivity index (χ0) is 34.4. The minimum atomic E-state index is -2.36. The first-order chi connectivity index (χ1) is 23.8. The Balaban J connectivity index is 1.41. The summed E-state index contributed by atoms with van der Waals surface area (Å²) in [5.41, 5.74) is 7.67. The number of carbonyl (C=O) groups is 4. The summed E-state index contributed by atoms with van der Waals surface area (Å²) in [5, 5.41) is 10.8. The smallest absolute Gasteiger partial charge is 0.338 e. The van der Waals surface area contributed by atoms with E-state index in [9.17, 15) is 24.7 Å². The normalized spacial score (nSPS) is 22.8. The Labute approximate surface area is 282 Å². The Morgan fingerprint density at radius 1 is 0.959 bits per heavy atom. The summed E-state index contributed by atoms with van der Waals surface area (Å²) in [5.74, 6) is -2.69. The zero-order valence-electron chi connectivity index (χ0n) is 25.2. The van der Waals surface area contributed by atoms with E-state index in [1.165, 1.54) is 72.1 Å². The molecule has 16 nitrogen and oxygen atoms in total. The zero-order valence-corrected chi connectivity index (χ0v) is 25.9. The Bertz CT molecular complexity index is 1920. The molecule has 0 aliphatic carbocycles. The number of esters is 3. The number of hydrogen-bond donors (Lipinski definition) is 1. The van der Waals surface area contributed by atoms with Crippen molar-refractivity contribution in [1.29, 1.82) is 0 Å². The van der Waals surface area contributed by atoms with Crippen LogP contribution in [0.1, 0.15) is 37.2 Å². The van der Waals surface area contributed by atoms with Crippen LogP contribution in [0.4, 0.5) is 4.79 Å². The van der Waals surface area contributed by atoms with Crippen molar-refractivity contribution in [2.75, 3.05) is 6.61 Å². The molecule has 0 saturated carbocycles. The van der Waals surface area contributed by atoms with E-state index in [1.807, 2.05) is 0 Å². The van der Waals surface area contributed by atoms with Gasteiger partial charge in [0.25, 0.3) is 0 Å². The second-order valence-electron chi connectivity index (χ2n) is 10.6. The number of nitrogens with zero attached hydrogens (tertiary/aromatic N) is 7. The molecule has 2 aliphatic heterocycles. The first-order valence-corrected chi connectivity index (χ1v) is 15.0. The van der Waals surface area contributed by atoms with Gasteiger partial charge in [-0.25, -0.2) is 28.8 Å². The van der Waals surface area contributed by atoms with E-state index in [1.54, 1.807) is 42.5 Å². The maximum atomic E-state index is 13.6. The molecule has 3 aromatic carbocycles.